The molecule has 1 aromatic heterocycles. The van der Waals surface area contributed by atoms with Gasteiger partial charge in [-0.2, -0.15) is 4.57 Å². The van der Waals surface area contributed by atoms with Crippen molar-refractivity contribution in [3.63, 3.8) is 0 Å². The van der Waals surface area contributed by atoms with E-state index >= 15 is 0 Å². The van der Waals surface area contributed by atoms with Crippen molar-refractivity contribution < 1.29 is 86.2 Å². The number of pyridine rings is 1. The van der Waals surface area contributed by atoms with E-state index < -0.39 is 53.6 Å². The Hall–Kier alpha value is -4.37. The van der Waals surface area contributed by atoms with Gasteiger partial charge in [-0.1, -0.05) is 27.7 Å². The van der Waals surface area contributed by atoms with Gasteiger partial charge in [-0.05, 0) is 118 Å². The van der Waals surface area contributed by atoms with E-state index in [0.717, 1.165) is 85.3 Å². The van der Waals surface area contributed by atoms with Crippen molar-refractivity contribution in [2.75, 3.05) is 28.1 Å². The Bertz CT molecular complexity index is 2600. The second-order valence-corrected chi connectivity index (χ2v) is 22.4. The Labute approximate surface area is 426 Å². The summed E-state index contributed by atoms with van der Waals surface area (Å²) in [6.07, 6.45) is 8.23. The lowest BCUT2D eigenvalue weighted by Crippen LogP contribution is -2.70. The maximum Gasteiger partial charge on any atom is 0.308 e. The molecule has 11 heterocycles. The molecule has 0 amide bonds. The number of esters is 1. The minimum absolute atomic E-state index is 0.0547. The van der Waals surface area contributed by atoms with Crippen LogP contribution in [0, 0.1) is 47.3 Å². The molecule has 4 bridgehead atoms. The molecule has 2 aromatic carbocycles. The van der Waals surface area contributed by atoms with E-state index in [2.05, 4.69) is 55.8 Å². The highest BCUT2D eigenvalue weighted by molar-refractivity contribution is 5.91. The fourth-order valence-electron chi connectivity index (χ4n) is 14.3. The number of rotatable bonds is 7. The van der Waals surface area contributed by atoms with E-state index in [4.69, 9.17) is 66.9 Å². The number of hydrogen-bond acceptors (Lipinski definition) is 17. The predicted molar refractivity (Wildman–Crippen MR) is 254 cm³/mol. The van der Waals surface area contributed by atoms with Crippen LogP contribution in [0.2, 0.25) is 0 Å². The van der Waals surface area contributed by atoms with E-state index in [1.807, 2.05) is 26.8 Å². The third kappa shape index (κ3) is 8.55. The summed E-state index contributed by atoms with van der Waals surface area (Å²) in [5.41, 5.74) is 2.50. The van der Waals surface area contributed by atoms with Crippen molar-refractivity contribution in [1.82, 2.24) is 0 Å². The van der Waals surface area contributed by atoms with E-state index in [0.29, 0.717) is 36.9 Å². The fourth-order valence-corrected chi connectivity index (χ4v) is 14.3. The molecular weight excluding hydrogens is 947 g/mol. The van der Waals surface area contributed by atoms with Gasteiger partial charge in [0.1, 0.15) is 0 Å². The number of aryl methyl sites for hydroxylation is 2. The van der Waals surface area contributed by atoms with Gasteiger partial charge in [0.15, 0.2) is 65.8 Å². The van der Waals surface area contributed by atoms with Crippen molar-refractivity contribution >= 4 is 22.7 Å². The zero-order valence-electron chi connectivity index (χ0n) is 43.5. The van der Waals surface area contributed by atoms with Crippen LogP contribution in [0.15, 0.2) is 36.5 Å². The first kappa shape index (κ1) is 50.8. The quantitative estimate of drug-likeness (QED) is 0.131. The Morgan fingerprint density at radius 1 is 0.712 bits per heavy atom. The van der Waals surface area contributed by atoms with Gasteiger partial charge in [0.05, 0.1) is 31.6 Å². The van der Waals surface area contributed by atoms with Gasteiger partial charge in [0.25, 0.3) is 0 Å². The van der Waals surface area contributed by atoms with Crippen LogP contribution in [-0.2, 0) is 70.5 Å². The average molecular weight is 1020 g/mol. The molecule has 8 saturated heterocycles. The number of carbonyl (C=O) groups excluding carboxylic acids is 2. The number of benzene rings is 2. The second kappa shape index (κ2) is 19.3. The third-order valence-corrected chi connectivity index (χ3v) is 18.2. The van der Waals surface area contributed by atoms with Crippen LogP contribution in [0.5, 0.6) is 23.0 Å². The normalized spacial score (nSPS) is 39.8. The summed E-state index contributed by atoms with van der Waals surface area (Å²) in [6, 6.07) is 10.4. The monoisotopic (exact) mass is 1020 g/mol. The van der Waals surface area contributed by atoms with E-state index in [-0.39, 0.29) is 42.8 Å². The molecule has 18 nitrogen and oxygen atoms in total. The van der Waals surface area contributed by atoms with Crippen molar-refractivity contribution in [3.05, 3.63) is 42.1 Å². The molecule has 3 aromatic rings. The number of fused-ring (bicyclic) bond motifs is 9. The molecule has 15 rings (SSSR count). The third-order valence-electron chi connectivity index (χ3n) is 18.2. The first-order valence-electron chi connectivity index (χ1n) is 26.4. The summed E-state index contributed by atoms with van der Waals surface area (Å²) >= 11 is 0. The lowest BCUT2D eigenvalue weighted by molar-refractivity contribution is -0.686. The van der Waals surface area contributed by atoms with Gasteiger partial charge in [0.2, 0.25) is 30.4 Å². The van der Waals surface area contributed by atoms with Gasteiger partial charge in [0, 0.05) is 62.1 Å². The molecule has 18 heteroatoms. The minimum atomic E-state index is -1.28. The van der Waals surface area contributed by atoms with Crippen molar-refractivity contribution in [2.24, 2.45) is 47.3 Å². The Morgan fingerprint density at radius 2 is 1.32 bits per heavy atom. The second-order valence-electron chi connectivity index (χ2n) is 22.4. The fraction of sp³-hybridized carbons (Fsp3) is 0.691. The molecule has 0 radical (unpaired) electrons. The molecule has 16 atom stereocenters. The number of carboxylic acids is 1. The number of methoxy groups -OCH3 is 3. The van der Waals surface area contributed by atoms with E-state index in [1.165, 1.54) is 23.2 Å². The smallest absolute Gasteiger partial charge is 0.308 e. The largest absolute Gasteiger partial charge is 0.550 e. The topological polar surface area (TPSA) is 190 Å². The van der Waals surface area contributed by atoms with Gasteiger partial charge in [-0.25, -0.2) is 19.6 Å². The summed E-state index contributed by atoms with van der Waals surface area (Å²) < 4.78 is 60.0. The Morgan fingerprint density at radius 3 is 1.90 bits per heavy atom. The summed E-state index contributed by atoms with van der Waals surface area (Å²) in [4.78, 5) is 46.2. The van der Waals surface area contributed by atoms with Crippen molar-refractivity contribution in [1.29, 1.82) is 0 Å². The molecule has 2 aliphatic carbocycles. The molecule has 10 fully saturated rings. The average Bonchev–Trinajstić information content (AvgIpc) is 3.57. The van der Waals surface area contributed by atoms with Gasteiger partial charge >= 0.3 is 5.97 Å². The van der Waals surface area contributed by atoms with Crippen molar-refractivity contribution in [3.8, 4) is 34.3 Å². The first-order chi connectivity index (χ1) is 35.0. The molecule has 398 valence electrons. The molecule has 12 aliphatic rings. The molecule has 10 aliphatic heterocycles. The zero-order chi connectivity index (χ0) is 51.2. The Balaban J connectivity index is 0.000000119. The molecule has 0 N–H and O–H groups in total. The number of aliphatic carboxylic acids is 1. The lowest BCUT2D eigenvalue weighted by Gasteiger charge is -2.60. The number of aromatic nitrogens is 1. The maximum absolute atomic E-state index is 12.0. The molecule has 73 heavy (non-hydrogen) atoms. The van der Waals surface area contributed by atoms with Crippen LogP contribution in [0.4, 0.5) is 0 Å². The van der Waals surface area contributed by atoms with Crippen LogP contribution in [-0.4, -0.2) is 88.0 Å². The molecule has 2 spiro atoms. The van der Waals surface area contributed by atoms with Gasteiger partial charge < -0.3 is 57.3 Å². The molecule has 0 unspecified atom stereocenters. The van der Waals surface area contributed by atoms with Gasteiger partial charge in [-0.15, -0.1) is 0 Å². The Kier molecular flexibility index (Phi) is 13.4. The van der Waals surface area contributed by atoms with E-state index in [1.54, 1.807) is 21.3 Å². The van der Waals surface area contributed by atoms with Crippen LogP contribution in [0.3, 0.4) is 0 Å². The number of nitrogens with zero attached hydrogens (tertiary/aromatic N) is 1. The lowest BCUT2D eigenvalue weighted by atomic mass is 9.58. The molecular formula is C55H71NO17. The van der Waals surface area contributed by atoms with Crippen LogP contribution in [0.25, 0.3) is 22.0 Å². The summed E-state index contributed by atoms with van der Waals surface area (Å²) in [5.74, 6) is 1.97. The van der Waals surface area contributed by atoms with Crippen molar-refractivity contribution in [2.45, 2.75) is 167 Å². The first-order valence-corrected chi connectivity index (χ1v) is 26.4. The van der Waals surface area contributed by atoms with E-state index in [9.17, 15) is 14.7 Å². The highest BCUT2D eigenvalue weighted by atomic mass is 17.3. The minimum Gasteiger partial charge on any atom is -0.550 e. The molecule has 2 saturated carbocycles. The number of ether oxygens (including phenoxy) is 10. The number of hydrogen-bond donors (Lipinski definition) is 0. The highest BCUT2D eigenvalue weighted by Crippen LogP contribution is 2.62. The van der Waals surface area contributed by atoms with Crippen LogP contribution >= 0.6 is 0 Å². The SMILES string of the molecule is CO[C@H]1O[C@@H]2O[C@@]3(C)CC[C@H]4[C@H](C)CC[C@@H]([C@H]1C)[C@@]24OO3.COc1ccc2cc3[n+](cc2c1OC)CCc1cc2c(cc1-3)OCO2.C[C@H]1[C@H](OC(=O)CCC(=O)[O-])O[C@@H]2O[C@@]3(C)CC[C@H]4[C@H](C)CC[C@@H]1[C@@]24OO3. The van der Waals surface area contributed by atoms with Crippen LogP contribution < -0.4 is 28.6 Å². The standard InChI is InChI=1S/C20H18NO4.C19H28O8.C16H26O5/c1-22-17-4-3-12-7-16-14-9-19-18(24-11-25-19)8-13(14)5-6-21(16)10-15(12)20(17)23-2;1-10-4-5-13-11(2)16(23-15(22)7-6-14(20)21)24-17-19(13)12(10)8-9-18(3,25-17)26-27-19;1-9-5-6-12-10(2)13(17-4)18-14-16(12)11(9)7-8-15(3,19-14)20-21-16/h3-4,7-10H,5-6,11H2,1-2H3;10-13,16-17H,4-9H2,1-3H3,(H,20,21);9-14H,5-8H2,1-4H3/q+1;;/p-1/t;10-,11-,12+,13+,16-,17-,18-,19-;9-,10-,11+,12+,13+,14-,15-,16-/m.11/s1. The zero-order valence-corrected chi connectivity index (χ0v) is 43.5. The van der Waals surface area contributed by atoms with Gasteiger partial charge in [-0.3, -0.25) is 4.79 Å². The predicted octanol–water partition coefficient (Wildman–Crippen LogP) is 7.20. The summed E-state index contributed by atoms with van der Waals surface area (Å²) in [7, 11) is 5.04. The van der Waals surface area contributed by atoms with Crippen LogP contribution in [0.1, 0.15) is 111 Å². The summed E-state index contributed by atoms with van der Waals surface area (Å²) in [5, 5.41) is 12.8. The number of carbonyl (C=O) groups is 2. The highest BCUT2D eigenvalue weighted by Gasteiger charge is 2.71. The maximum atomic E-state index is 12.0. The summed E-state index contributed by atoms with van der Waals surface area (Å²) in [6.45, 7) is 13.7. The number of carboxylic acid groups (broad SMARTS) is 1.